The number of halogens is 1. The minimum atomic E-state index is -0.401. The third kappa shape index (κ3) is 4.08. The summed E-state index contributed by atoms with van der Waals surface area (Å²) < 4.78 is 20.9. The predicted octanol–water partition coefficient (Wildman–Crippen LogP) is 3.73. The van der Waals surface area contributed by atoms with Crippen molar-refractivity contribution in [2.45, 2.75) is 26.5 Å². The Labute approximate surface area is 151 Å². The number of benzene rings is 2. The smallest absolute Gasteiger partial charge is 0.272 e. The summed E-state index contributed by atoms with van der Waals surface area (Å²) in [7, 11) is 0. The monoisotopic (exact) mass is 353 g/mol. The normalized spacial score (nSPS) is 10.8. The van der Waals surface area contributed by atoms with E-state index in [1.54, 1.807) is 30.5 Å². The van der Waals surface area contributed by atoms with Crippen LogP contribution < -0.4 is 10.1 Å². The van der Waals surface area contributed by atoms with E-state index >= 15 is 0 Å². The van der Waals surface area contributed by atoms with Crippen molar-refractivity contribution in [2.75, 3.05) is 0 Å². The summed E-state index contributed by atoms with van der Waals surface area (Å²) in [5.41, 5.74) is 1.39. The van der Waals surface area contributed by atoms with E-state index in [0.717, 1.165) is 11.3 Å². The number of aromatic nitrogens is 2. The highest BCUT2D eigenvalue weighted by molar-refractivity contribution is 5.92. The summed E-state index contributed by atoms with van der Waals surface area (Å²) in [5.74, 6) is 0.00134. The zero-order valence-corrected chi connectivity index (χ0v) is 14.6. The Morgan fingerprint density at radius 2 is 1.88 bits per heavy atom. The molecular formula is C20H20FN3O2. The van der Waals surface area contributed by atoms with Gasteiger partial charge in [0.05, 0.1) is 6.10 Å². The van der Waals surface area contributed by atoms with Crippen LogP contribution in [0, 0.1) is 5.82 Å². The van der Waals surface area contributed by atoms with Crippen molar-refractivity contribution in [1.29, 1.82) is 0 Å². The Kier molecular flexibility index (Phi) is 5.31. The summed E-state index contributed by atoms with van der Waals surface area (Å²) in [4.78, 5) is 12.4. The molecule has 0 bridgehead atoms. The summed E-state index contributed by atoms with van der Waals surface area (Å²) in [5, 5.41) is 6.98. The summed E-state index contributed by atoms with van der Waals surface area (Å²) in [6.45, 7) is 4.21. The van der Waals surface area contributed by atoms with Crippen LogP contribution in [0.3, 0.4) is 0 Å². The number of nitrogens with one attached hydrogen (secondary N) is 1. The van der Waals surface area contributed by atoms with E-state index in [1.807, 2.05) is 38.1 Å². The average Bonchev–Trinajstić information content (AvgIpc) is 3.10. The average molecular weight is 353 g/mol. The van der Waals surface area contributed by atoms with Crippen molar-refractivity contribution >= 4 is 5.91 Å². The van der Waals surface area contributed by atoms with Crippen molar-refractivity contribution in [1.82, 2.24) is 15.1 Å². The molecule has 3 rings (SSSR count). The molecule has 0 fully saturated rings. The van der Waals surface area contributed by atoms with Gasteiger partial charge in [-0.1, -0.05) is 30.3 Å². The molecule has 0 unspecified atom stereocenters. The fraction of sp³-hybridized carbons (Fsp3) is 0.200. The number of nitrogens with zero attached hydrogens (tertiary/aromatic N) is 2. The summed E-state index contributed by atoms with van der Waals surface area (Å²) in [6.07, 6.45) is 1.60. The molecule has 1 N–H and O–H groups in total. The van der Waals surface area contributed by atoms with E-state index in [4.69, 9.17) is 4.74 Å². The van der Waals surface area contributed by atoms with Crippen molar-refractivity contribution in [2.24, 2.45) is 0 Å². The molecule has 1 amide bonds. The van der Waals surface area contributed by atoms with Gasteiger partial charge >= 0.3 is 0 Å². The minimum Gasteiger partial charge on any atom is -0.491 e. The maximum atomic E-state index is 13.8. The number of ether oxygens (including phenoxy) is 1. The van der Waals surface area contributed by atoms with Crippen molar-refractivity contribution in [3.63, 3.8) is 0 Å². The standard InChI is InChI=1S/C20H20FN3O2/c1-14(2)26-19-10-6-3-7-15(19)13-22-20(25)17-11-12-24(23-17)18-9-5-4-8-16(18)21/h3-12,14H,13H2,1-2H3,(H,22,25). The van der Waals surface area contributed by atoms with Gasteiger partial charge in [-0.3, -0.25) is 4.79 Å². The van der Waals surface area contributed by atoms with Gasteiger partial charge in [0.25, 0.3) is 5.91 Å². The first-order valence-electron chi connectivity index (χ1n) is 8.38. The highest BCUT2D eigenvalue weighted by Gasteiger charge is 2.13. The lowest BCUT2D eigenvalue weighted by Gasteiger charge is -2.14. The quantitative estimate of drug-likeness (QED) is 0.735. The van der Waals surface area contributed by atoms with Gasteiger partial charge in [-0.15, -0.1) is 0 Å². The number of carbonyl (C=O) groups excluding carboxylic acids is 1. The second-order valence-electron chi connectivity index (χ2n) is 6.05. The summed E-state index contributed by atoms with van der Waals surface area (Å²) in [6, 6.07) is 15.4. The van der Waals surface area contributed by atoms with Crippen LogP contribution in [0.1, 0.15) is 29.9 Å². The molecule has 0 spiro atoms. The van der Waals surface area contributed by atoms with Gasteiger partial charge in [-0.25, -0.2) is 9.07 Å². The number of hydrogen-bond acceptors (Lipinski definition) is 3. The maximum absolute atomic E-state index is 13.8. The summed E-state index contributed by atoms with van der Waals surface area (Å²) >= 11 is 0. The van der Waals surface area contributed by atoms with E-state index < -0.39 is 5.82 Å². The molecule has 0 aliphatic rings. The molecule has 0 saturated heterocycles. The number of para-hydroxylation sites is 2. The minimum absolute atomic E-state index is 0.0447. The lowest BCUT2D eigenvalue weighted by atomic mass is 10.2. The maximum Gasteiger partial charge on any atom is 0.272 e. The van der Waals surface area contributed by atoms with E-state index in [0.29, 0.717) is 12.2 Å². The molecule has 2 aromatic carbocycles. The molecule has 0 aliphatic carbocycles. The molecule has 0 atom stereocenters. The van der Waals surface area contributed by atoms with E-state index in [1.165, 1.54) is 10.7 Å². The molecule has 6 heteroatoms. The molecule has 3 aromatic rings. The highest BCUT2D eigenvalue weighted by atomic mass is 19.1. The first kappa shape index (κ1) is 17.7. The Morgan fingerprint density at radius 1 is 1.15 bits per heavy atom. The van der Waals surface area contributed by atoms with Crippen LogP contribution in [0.5, 0.6) is 5.75 Å². The fourth-order valence-electron chi connectivity index (χ4n) is 2.50. The molecule has 134 valence electrons. The van der Waals surface area contributed by atoms with Crippen LogP contribution in [0.25, 0.3) is 5.69 Å². The molecule has 0 radical (unpaired) electrons. The molecular weight excluding hydrogens is 333 g/mol. The van der Waals surface area contributed by atoms with Gasteiger partial charge in [0.2, 0.25) is 0 Å². The topological polar surface area (TPSA) is 56.1 Å². The number of amides is 1. The van der Waals surface area contributed by atoms with E-state index in [-0.39, 0.29) is 17.7 Å². The second-order valence-corrected chi connectivity index (χ2v) is 6.05. The van der Waals surface area contributed by atoms with Crippen LogP contribution in [-0.4, -0.2) is 21.8 Å². The fourth-order valence-corrected chi connectivity index (χ4v) is 2.50. The van der Waals surface area contributed by atoms with Gasteiger partial charge in [0.1, 0.15) is 17.3 Å². The van der Waals surface area contributed by atoms with Crippen LogP contribution in [0.2, 0.25) is 0 Å². The Morgan fingerprint density at radius 3 is 2.65 bits per heavy atom. The third-order valence-corrected chi connectivity index (χ3v) is 3.70. The Bertz CT molecular complexity index is 905. The number of hydrogen-bond donors (Lipinski definition) is 1. The highest BCUT2D eigenvalue weighted by Crippen LogP contribution is 2.19. The van der Waals surface area contributed by atoms with Gasteiger partial charge in [0, 0.05) is 18.3 Å². The third-order valence-electron chi connectivity index (χ3n) is 3.70. The first-order valence-corrected chi connectivity index (χ1v) is 8.38. The van der Waals surface area contributed by atoms with Gasteiger partial charge in [0.15, 0.2) is 5.69 Å². The van der Waals surface area contributed by atoms with E-state index in [9.17, 15) is 9.18 Å². The second kappa shape index (κ2) is 7.82. The van der Waals surface area contributed by atoms with Crippen LogP contribution >= 0.6 is 0 Å². The zero-order chi connectivity index (χ0) is 18.5. The predicted molar refractivity (Wildman–Crippen MR) is 96.9 cm³/mol. The Balaban J connectivity index is 1.69. The lowest BCUT2D eigenvalue weighted by Crippen LogP contribution is -2.24. The molecule has 1 aromatic heterocycles. The van der Waals surface area contributed by atoms with Crippen LogP contribution in [-0.2, 0) is 6.54 Å². The largest absolute Gasteiger partial charge is 0.491 e. The van der Waals surface area contributed by atoms with Crippen LogP contribution in [0.15, 0.2) is 60.8 Å². The van der Waals surface area contributed by atoms with Gasteiger partial charge < -0.3 is 10.1 Å². The van der Waals surface area contributed by atoms with Crippen LogP contribution in [0.4, 0.5) is 4.39 Å². The zero-order valence-electron chi connectivity index (χ0n) is 14.6. The number of rotatable bonds is 6. The van der Waals surface area contributed by atoms with Gasteiger partial charge in [-0.2, -0.15) is 5.10 Å². The first-order chi connectivity index (χ1) is 12.5. The van der Waals surface area contributed by atoms with Crippen molar-refractivity contribution < 1.29 is 13.9 Å². The van der Waals surface area contributed by atoms with Crippen molar-refractivity contribution in [3.05, 3.63) is 77.9 Å². The Hall–Kier alpha value is -3.15. The lowest BCUT2D eigenvalue weighted by molar-refractivity contribution is 0.0945. The molecule has 1 heterocycles. The molecule has 0 saturated carbocycles. The molecule has 0 aliphatic heterocycles. The van der Waals surface area contributed by atoms with E-state index in [2.05, 4.69) is 10.4 Å². The van der Waals surface area contributed by atoms with Gasteiger partial charge in [-0.05, 0) is 38.1 Å². The number of carbonyl (C=O) groups is 1. The molecule has 26 heavy (non-hydrogen) atoms. The molecule has 5 nitrogen and oxygen atoms in total. The SMILES string of the molecule is CC(C)Oc1ccccc1CNC(=O)c1ccn(-c2ccccc2F)n1. The van der Waals surface area contributed by atoms with Crippen molar-refractivity contribution in [3.8, 4) is 11.4 Å².